The maximum Gasteiger partial charge on any atom is 0.164 e. The third-order valence-electron chi connectivity index (χ3n) is 2.27. The van der Waals surface area contributed by atoms with Crippen molar-refractivity contribution in [2.45, 2.75) is 27.2 Å². The van der Waals surface area contributed by atoms with Crippen LogP contribution in [-0.2, 0) is 0 Å². The maximum atomic E-state index is 11.6. The number of Topliss-reactive ketones (excluding diaryl/α,β-unsaturated/α-hetero) is 1. The van der Waals surface area contributed by atoms with Gasteiger partial charge in [0.25, 0.3) is 0 Å². The van der Waals surface area contributed by atoms with Gasteiger partial charge in [-0.1, -0.05) is 36.7 Å². The van der Waals surface area contributed by atoms with Gasteiger partial charge >= 0.3 is 0 Å². The zero-order valence-corrected chi connectivity index (χ0v) is 11.4. The molecule has 0 aliphatic heterocycles. The van der Waals surface area contributed by atoms with E-state index < -0.39 is 0 Å². The number of fused-ring (bicyclic) bond motifs is 1. The summed E-state index contributed by atoms with van der Waals surface area (Å²) >= 11 is 3.40. The summed E-state index contributed by atoms with van der Waals surface area (Å²) in [4.78, 5) is 14.7. The number of nitrogens with one attached hydrogen (secondary N) is 1. The molecule has 2 nitrogen and oxygen atoms in total. The van der Waals surface area contributed by atoms with E-state index in [9.17, 15) is 4.79 Å². The number of H-pyrrole nitrogens is 1. The van der Waals surface area contributed by atoms with E-state index in [4.69, 9.17) is 0 Å². The van der Waals surface area contributed by atoms with E-state index in [0.717, 1.165) is 20.9 Å². The molecule has 1 aromatic heterocycles. The van der Waals surface area contributed by atoms with Crippen molar-refractivity contribution in [1.29, 1.82) is 0 Å². The number of aromatic nitrogens is 1. The van der Waals surface area contributed by atoms with Gasteiger partial charge in [-0.2, -0.15) is 0 Å². The van der Waals surface area contributed by atoms with Crippen LogP contribution in [0.3, 0.4) is 0 Å². The number of hydrogen-bond acceptors (Lipinski definition) is 1. The van der Waals surface area contributed by atoms with Gasteiger partial charge in [0.15, 0.2) is 5.78 Å². The number of hydrogen-bond donors (Lipinski definition) is 1. The van der Waals surface area contributed by atoms with Crippen LogP contribution < -0.4 is 0 Å². The van der Waals surface area contributed by atoms with Gasteiger partial charge in [0.05, 0.1) is 0 Å². The number of ketones is 1. The Labute approximate surface area is 104 Å². The van der Waals surface area contributed by atoms with Gasteiger partial charge in [0, 0.05) is 33.6 Å². The molecule has 0 saturated carbocycles. The molecule has 0 aliphatic carbocycles. The van der Waals surface area contributed by atoms with E-state index in [1.807, 2.05) is 39.0 Å². The Hall–Kier alpha value is -1.09. The first-order chi connectivity index (χ1) is 7.72. The predicted molar refractivity (Wildman–Crippen MR) is 72.0 cm³/mol. The summed E-state index contributed by atoms with van der Waals surface area (Å²) in [5.41, 5.74) is 1.79. The third-order valence-corrected chi connectivity index (χ3v) is 2.76. The van der Waals surface area contributed by atoms with Crippen molar-refractivity contribution in [2.24, 2.45) is 0 Å². The molecule has 3 heteroatoms. The zero-order chi connectivity index (χ0) is 12.1. The van der Waals surface area contributed by atoms with Crippen LogP contribution in [0.2, 0.25) is 0 Å². The summed E-state index contributed by atoms with van der Waals surface area (Å²) in [6.07, 6.45) is 2.32. The van der Waals surface area contributed by atoms with Crippen LogP contribution in [-0.4, -0.2) is 10.8 Å². The van der Waals surface area contributed by atoms with Crippen molar-refractivity contribution in [3.05, 3.63) is 34.4 Å². The quantitative estimate of drug-likeness (QED) is 0.805. The molecule has 2 aromatic rings. The number of aromatic amines is 1. The maximum absolute atomic E-state index is 11.6. The minimum atomic E-state index is 0.175. The highest BCUT2D eigenvalue weighted by molar-refractivity contribution is 9.10. The van der Waals surface area contributed by atoms with E-state index in [1.54, 1.807) is 6.20 Å². The fourth-order valence-electron chi connectivity index (χ4n) is 1.51. The van der Waals surface area contributed by atoms with Gasteiger partial charge in [-0.25, -0.2) is 0 Å². The molecule has 2 rings (SSSR count). The Morgan fingerprint density at radius 3 is 2.69 bits per heavy atom. The molecule has 1 heterocycles. The molecule has 1 N–H and O–H groups in total. The molecule has 0 atom stereocenters. The van der Waals surface area contributed by atoms with Gasteiger partial charge < -0.3 is 4.98 Å². The number of carbonyl (C=O) groups excluding carboxylic acids is 1. The molecule has 16 heavy (non-hydrogen) atoms. The van der Waals surface area contributed by atoms with Crippen molar-refractivity contribution in [1.82, 2.24) is 4.98 Å². The second kappa shape index (κ2) is 5.85. The van der Waals surface area contributed by atoms with Crippen molar-refractivity contribution in [3.63, 3.8) is 0 Å². The number of rotatable bonds is 2. The first kappa shape index (κ1) is 13.0. The first-order valence-electron chi connectivity index (χ1n) is 5.52. The third kappa shape index (κ3) is 2.53. The monoisotopic (exact) mass is 281 g/mol. The lowest BCUT2D eigenvalue weighted by Crippen LogP contribution is -1.93. The largest absolute Gasteiger partial charge is 0.360 e. The summed E-state index contributed by atoms with van der Waals surface area (Å²) in [7, 11) is 0. The molecular formula is C13H16BrNO. The highest BCUT2D eigenvalue weighted by Crippen LogP contribution is 2.23. The topological polar surface area (TPSA) is 32.9 Å². The molecule has 1 aromatic carbocycles. The molecule has 0 spiro atoms. The minimum Gasteiger partial charge on any atom is -0.360 e. The summed E-state index contributed by atoms with van der Waals surface area (Å²) < 4.78 is 0.995. The van der Waals surface area contributed by atoms with E-state index >= 15 is 0 Å². The summed E-state index contributed by atoms with van der Waals surface area (Å²) in [6, 6.07) is 5.89. The fraction of sp³-hybridized carbons (Fsp3) is 0.308. The molecule has 0 bridgehead atoms. The molecule has 0 fully saturated rings. The Morgan fingerprint density at radius 1 is 1.38 bits per heavy atom. The number of halogens is 1. The molecule has 0 saturated heterocycles. The second-order valence-corrected chi connectivity index (χ2v) is 4.08. The SMILES string of the molecule is CC.CCC(=O)c1c[nH]c2ccc(Br)cc12. The van der Waals surface area contributed by atoms with Crippen molar-refractivity contribution >= 4 is 32.6 Å². The van der Waals surface area contributed by atoms with Crippen molar-refractivity contribution in [2.75, 3.05) is 0 Å². The smallest absolute Gasteiger partial charge is 0.164 e. The van der Waals surface area contributed by atoms with Crippen LogP contribution in [0.15, 0.2) is 28.9 Å². The van der Waals surface area contributed by atoms with Gasteiger partial charge in [0.2, 0.25) is 0 Å². The van der Waals surface area contributed by atoms with Crippen LogP contribution in [0, 0.1) is 0 Å². The van der Waals surface area contributed by atoms with Crippen LogP contribution in [0.1, 0.15) is 37.6 Å². The Bertz CT molecular complexity index is 488. The highest BCUT2D eigenvalue weighted by atomic mass is 79.9. The number of carbonyl (C=O) groups is 1. The number of benzene rings is 1. The zero-order valence-electron chi connectivity index (χ0n) is 9.80. The Balaban J connectivity index is 0.000000606. The predicted octanol–water partition coefficient (Wildman–Crippen LogP) is 4.55. The van der Waals surface area contributed by atoms with Crippen molar-refractivity contribution in [3.8, 4) is 0 Å². The van der Waals surface area contributed by atoms with Gasteiger partial charge in [0.1, 0.15) is 0 Å². The minimum absolute atomic E-state index is 0.175. The standard InChI is InChI=1S/C11H10BrNO.C2H6/c1-2-11(14)9-6-13-10-4-3-7(12)5-8(9)10;1-2/h3-6,13H,2H2,1H3;1-2H3. The van der Waals surface area contributed by atoms with E-state index in [-0.39, 0.29) is 5.78 Å². The van der Waals surface area contributed by atoms with Gasteiger partial charge in [-0.05, 0) is 18.2 Å². The average Bonchev–Trinajstić information content (AvgIpc) is 2.73. The van der Waals surface area contributed by atoms with E-state index in [0.29, 0.717) is 6.42 Å². The summed E-state index contributed by atoms with van der Waals surface area (Å²) in [5.74, 6) is 0.175. The lowest BCUT2D eigenvalue weighted by molar-refractivity contribution is 0.0990. The summed E-state index contributed by atoms with van der Waals surface area (Å²) in [5, 5.41) is 0.992. The fourth-order valence-corrected chi connectivity index (χ4v) is 1.88. The van der Waals surface area contributed by atoms with E-state index in [2.05, 4.69) is 20.9 Å². The van der Waals surface area contributed by atoms with E-state index in [1.165, 1.54) is 0 Å². The molecule has 0 aliphatic rings. The molecular weight excluding hydrogens is 266 g/mol. The van der Waals surface area contributed by atoms with Gasteiger partial charge in [-0.15, -0.1) is 0 Å². The Kier molecular flexibility index (Phi) is 4.74. The normalized spacial score (nSPS) is 9.75. The van der Waals surface area contributed by atoms with Gasteiger partial charge in [-0.3, -0.25) is 4.79 Å². The highest BCUT2D eigenvalue weighted by Gasteiger charge is 2.09. The molecule has 0 unspecified atom stereocenters. The van der Waals surface area contributed by atoms with Crippen molar-refractivity contribution < 1.29 is 4.79 Å². The lowest BCUT2D eigenvalue weighted by atomic mass is 10.1. The second-order valence-electron chi connectivity index (χ2n) is 3.17. The van der Waals surface area contributed by atoms with Crippen LogP contribution >= 0.6 is 15.9 Å². The molecule has 86 valence electrons. The average molecular weight is 282 g/mol. The van der Waals surface area contributed by atoms with Crippen LogP contribution in [0.25, 0.3) is 10.9 Å². The first-order valence-corrected chi connectivity index (χ1v) is 6.31. The summed E-state index contributed by atoms with van der Waals surface area (Å²) in [6.45, 7) is 5.87. The Morgan fingerprint density at radius 2 is 2.06 bits per heavy atom. The van der Waals surface area contributed by atoms with Crippen LogP contribution in [0.4, 0.5) is 0 Å². The lowest BCUT2D eigenvalue weighted by Gasteiger charge is -1.95. The molecule has 0 radical (unpaired) electrons. The van der Waals surface area contributed by atoms with Crippen LogP contribution in [0.5, 0.6) is 0 Å². The molecule has 0 amide bonds.